The molecule has 4 N–H and O–H groups in total. The molecule has 0 aliphatic heterocycles. The van der Waals surface area contributed by atoms with Crippen LogP contribution in [0.5, 0.6) is 0 Å². The third kappa shape index (κ3) is 3.16. The number of nitrogens with zero attached hydrogens (tertiary/aromatic N) is 1. The summed E-state index contributed by atoms with van der Waals surface area (Å²) in [6, 6.07) is 5.35. The number of aromatic amines is 1. The van der Waals surface area contributed by atoms with Crippen LogP contribution in [-0.2, 0) is 10.0 Å². The molecule has 0 aliphatic rings. The van der Waals surface area contributed by atoms with Gasteiger partial charge < -0.3 is 5.73 Å². The van der Waals surface area contributed by atoms with Gasteiger partial charge in [-0.25, -0.2) is 13.5 Å². The van der Waals surface area contributed by atoms with Crippen molar-refractivity contribution in [1.82, 2.24) is 10.2 Å². The van der Waals surface area contributed by atoms with E-state index in [4.69, 9.17) is 18.0 Å². The van der Waals surface area contributed by atoms with Gasteiger partial charge in [-0.1, -0.05) is 12.2 Å². The molecule has 0 aromatic carbocycles. The lowest BCUT2D eigenvalue weighted by Crippen LogP contribution is -2.15. The maximum Gasteiger partial charge on any atom is 0.272 e. The number of anilines is 1. The fourth-order valence-electron chi connectivity index (χ4n) is 1.19. The number of H-pyrrole nitrogens is 1. The zero-order valence-electron chi connectivity index (χ0n) is 9.28. The Kier molecular flexibility index (Phi) is 3.64. The summed E-state index contributed by atoms with van der Waals surface area (Å²) in [5.41, 5.74) is 4.99. The van der Waals surface area contributed by atoms with Gasteiger partial charge in [-0.2, -0.15) is 5.10 Å². The van der Waals surface area contributed by atoms with Crippen molar-refractivity contribution in [2.24, 2.45) is 5.73 Å². The Morgan fingerprint density at radius 1 is 1.37 bits per heavy atom. The second-order valence-corrected chi connectivity index (χ2v) is 6.83. The number of thiocarbonyl (C=S) groups is 1. The van der Waals surface area contributed by atoms with Crippen LogP contribution in [0.3, 0.4) is 0 Å². The average molecular weight is 316 g/mol. The molecule has 0 saturated heterocycles. The van der Waals surface area contributed by atoms with E-state index in [2.05, 4.69) is 14.9 Å². The minimum Gasteiger partial charge on any atom is -0.389 e. The minimum absolute atomic E-state index is 0.0184. The predicted molar refractivity (Wildman–Crippen MR) is 75.9 cm³/mol. The van der Waals surface area contributed by atoms with Crippen molar-refractivity contribution in [1.29, 1.82) is 0 Å². The van der Waals surface area contributed by atoms with Crippen LogP contribution < -0.4 is 16.0 Å². The SMILES string of the molecule is NC(=S)c1ccc(S(=O)(=O)Nc2ccc(=O)[nH]n2)s1. The number of rotatable bonds is 4. The van der Waals surface area contributed by atoms with Crippen LogP contribution in [0.25, 0.3) is 0 Å². The molecule has 0 saturated carbocycles. The summed E-state index contributed by atoms with van der Waals surface area (Å²) in [6.07, 6.45) is 0. The summed E-state index contributed by atoms with van der Waals surface area (Å²) in [4.78, 5) is 11.5. The molecule has 0 unspecified atom stereocenters. The molecule has 0 bridgehead atoms. The largest absolute Gasteiger partial charge is 0.389 e. The summed E-state index contributed by atoms with van der Waals surface area (Å²) in [5.74, 6) is 0.0184. The number of aromatic nitrogens is 2. The van der Waals surface area contributed by atoms with E-state index in [0.29, 0.717) is 4.88 Å². The van der Waals surface area contributed by atoms with Crippen molar-refractivity contribution in [3.05, 3.63) is 39.5 Å². The first kappa shape index (κ1) is 13.6. The van der Waals surface area contributed by atoms with Crippen molar-refractivity contribution in [3.63, 3.8) is 0 Å². The highest BCUT2D eigenvalue weighted by atomic mass is 32.2. The first-order chi connectivity index (χ1) is 8.88. The third-order valence-corrected chi connectivity index (χ3v) is 5.32. The Bertz CT molecular complexity index is 758. The molecule has 19 heavy (non-hydrogen) atoms. The minimum atomic E-state index is -3.77. The second-order valence-electron chi connectivity index (χ2n) is 3.39. The first-order valence-electron chi connectivity index (χ1n) is 4.87. The van der Waals surface area contributed by atoms with Crippen LogP contribution in [0.4, 0.5) is 5.82 Å². The second kappa shape index (κ2) is 5.07. The number of hydrogen-bond acceptors (Lipinski definition) is 6. The van der Waals surface area contributed by atoms with E-state index in [1.807, 2.05) is 0 Å². The van der Waals surface area contributed by atoms with Gasteiger partial charge in [0, 0.05) is 6.07 Å². The monoisotopic (exact) mass is 316 g/mol. The molecule has 0 atom stereocenters. The van der Waals surface area contributed by atoms with Gasteiger partial charge in [0.25, 0.3) is 15.6 Å². The maximum absolute atomic E-state index is 12.0. The van der Waals surface area contributed by atoms with Gasteiger partial charge in [0.05, 0.1) is 4.88 Å². The molecule has 2 rings (SSSR count). The van der Waals surface area contributed by atoms with E-state index in [0.717, 1.165) is 11.3 Å². The molecule has 0 radical (unpaired) electrons. The molecule has 0 fully saturated rings. The molecule has 2 aromatic heterocycles. The van der Waals surface area contributed by atoms with Gasteiger partial charge in [-0.15, -0.1) is 11.3 Å². The highest BCUT2D eigenvalue weighted by Crippen LogP contribution is 2.23. The number of nitrogens with one attached hydrogen (secondary N) is 2. The van der Waals surface area contributed by atoms with Gasteiger partial charge in [-0.05, 0) is 18.2 Å². The summed E-state index contributed by atoms with van der Waals surface area (Å²) >= 11 is 5.72. The normalized spacial score (nSPS) is 11.2. The standard InChI is InChI=1S/C9H8N4O3S3/c10-9(17)5-1-4-8(18-5)19(15,16)13-6-2-3-7(14)12-11-6/h1-4H,(H2,10,17)(H,11,13)(H,12,14). The van der Waals surface area contributed by atoms with Crippen molar-refractivity contribution >= 4 is 44.4 Å². The Balaban J connectivity index is 2.29. The van der Waals surface area contributed by atoms with E-state index in [1.165, 1.54) is 24.3 Å². The lowest BCUT2D eigenvalue weighted by molar-refractivity contribution is 0.603. The Hall–Kier alpha value is -1.78. The van der Waals surface area contributed by atoms with E-state index in [9.17, 15) is 13.2 Å². The van der Waals surface area contributed by atoms with Crippen LogP contribution in [0.2, 0.25) is 0 Å². The van der Waals surface area contributed by atoms with E-state index in [1.54, 1.807) is 0 Å². The van der Waals surface area contributed by atoms with Crippen molar-refractivity contribution < 1.29 is 8.42 Å². The molecule has 10 heteroatoms. The topological polar surface area (TPSA) is 118 Å². The molecule has 0 spiro atoms. The lowest BCUT2D eigenvalue weighted by atomic mass is 10.5. The molecular weight excluding hydrogens is 308 g/mol. The molecule has 0 aliphatic carbocycles. The van der Waals surface area contributed by atoms with E-state index < -0.39 is 15.6 Å². The quantitative estimate of drug-likeness (QED) is 0.697. The van der Waals surface area contributed by atoms with Crippen LogP contribution in [0.15, 0.2) is 33.3 Å². The first-order valence-corrected chi connectivity index (χ1v) is 7.57. The van der Waals surface area contributed by atoms with E-state index >= 15 is 0 Å². The molecule has 7 nitrogen and oxygen atoms in total. The average Bonchev–Trinajstić information content (AvgIpc) is 2.82. The number of hydrogen-bond donors (Lipinski definition) is 3. The zero-order chi connectivity index (χ0) is 14.0. The maximum atomic E-state index is 12.0. The number of nitrogens with two attached hydrogens (primary N) is 1. The zero-order valence-corrected chi connectivity index (χ0v) is 11.7. The highest BCUT2D eigenvalue weighted by Gasteiger charge is 2.18. The lowest BCUT2D eigenvalue weighted by Gasteiger charge is -2.03. The number of thiophene rings is 1. The fraction of sp³-hybridized carbons (Fsp3) is 0. The summed E-state index contributed by atoms with van der Waals surface area (Å²) < 4.78 is 26.3. The molecule has 100 valence electrons. The molecular formula is C9H8N4O3S3. The molecule has 0 amide bonds. The fourth-order valence-corrected chi connectivity index (χ4v) is 3.54. The van der Waals surface area contributed by atoms with Crippen LogP contribution in [0, 0.1) is 0 Å². The Morgan fingerprint density at radius 2 is 2.11 bits per heavy atom. The van der Waals surface area contributed by atoms with Gasteiger partial charge in [0.2, 0.25) is 0 Å². The van der Waals surface area contributed by atoms with Gasteiger partial charge in [-0.3, -0.25) is 9.52 Å². The van der Waals surface area contributed by atoms with Gasteiger partial charge >= 0.3 is 0 Å². The van der Waals surface area contributed by atoms with Crippen LogP contribution in [0.1, 0.15) is 4.88 Å². The van der Waals surface area contributed by atoms with E-state index in [-0.39, 0.29) is 15.0 Å². The van der Waals surface area contributed by atoms with Crippen molar-refractivity contribution in [2.45, 2.75) is 4.21 Å². The van der Waals surface area contributed by atoms with Crippen molar-refractivity contribution in [3.8, 4) is 0 Å². The van der Waals surface area contributed by atoms with Gasteiger partial charge in [0.1, 0.15) is 9.20 Å². The Morgan fingerprint density at radius 3 is 2.63 bits per heavy atom. The van der Waals surface area contributed by atoms with Gasteiger partial charge in [0.15, 0.2) is 5.82 Å². The van der Waals surface area contributed by atoms with Crippen molar-refractivity contribution in [2.75, 3.05) is 4.72 Å². The molecule has 2 heterocycles. The van der Waals surface area contributed by atoms with Crippen LogP contribution in [-0.4, -0.2) is 23.6 Å². The summed E-state index contributed by atoms with van der Waals surface area (Å²) in [6.45, 7) is 0. The Labute approximate surface area is 117 Å². The smallest absolute Gasteiger partial charge is 0.272 e. The number of sulfonamides is 1. The summed E-state index contributed by atoms with van der Waals surface area (Å²) in [5, 5.41) is 5.68. The molecule has 2 aromatic rings. The summed E-state index contributed by atoms with van der Waals surface area (Å²) in [7, 11) is -3.77. The predicted octanol–water partition coefficient (Wildman–Crippen LogP) is 0.266. The van der Waals surface area contributed by atoms with Crippen LogP contribution >= 0.6 is 23.6 Å². The third-order valence-electron chi connectivity index (χ3n) is 2.01. The highest BCUT2D eigenvalue weighted by molar-refractivity contribution is 7.94.